The van der Waals surface area contributed by atoms with Gasteiger partial charge in [0.2, 0.25) is 11.8 Å². The average molecular weight is 446 g/mol. The third-order valence-corrected chi connectivity index (χ3v) is 5.74. The van der Waals surface area contributed by atoms with Gasteiger partial charge in [-0.2, -0.15) is 0 Å². The Morgan fingerprint density at radius 2 is 1.64 bits per heavy atom. The number of carbonyl (C=O) groups is 3. The molecule has 2 aromatic carbocycles. The predicted octanol–water partition coefficient (Wildman–Crippen LogP) is 4.68. The minimum absolute atomic E-state index is 0.103. The van der Waals surface area contributed by atoms with Crippen molar-refractivity contribution >= 4 is 29.1 Å². The smallest absolute Gasteiger partial charge is 0.294 e. The van der Waals surface area contributed by atoms with E-state index in [0.717, 1.165) is 25.7 Å². The zero-order valence-electron chi connectivity index (χ0n) is 18.5. The van der Waals surface area contributed by atoms with Crippen LogP contribution in [0.5, 0.6) is 0 Å². The van der Waals surface area contributed by atoms with Crippen molar-refractivity contribution in [3.8, 4) is 0 Å². The Morgan fingerprint density at radius 1 is 0.939 bits per heavy atom. The van der Waals surface area contributed by atoms with E-state index in [9.17, 15) is 14.4 Å². The molecule has 1 aromatic heterocycles. The summed E-state index contributed by atoms with van der Waals surface area (Å²) in [6, 6.07) is 18.5. The number of nitrogens with zero attached hydrogens (tertiary/aromatic N) is 1. The summed E-state index contributed by atoms with van der Waals surface area (Å²) in [6.45, 7) is 1.43. The first-order chi connectivity index (χ1) is 16.0. The lowest BCUT2D eigenvalue weighted by Crippen LogP contribution is -2.46. The van der Waals surface area contributed by atoms with E-state index in [4.69, 9.17) is 4.42 Å². The minimum Gasteiger partial charge on any atom is -0.459 e. The number of carbonyl (C=O) groups excluding carboxylic acids is 3. The summed E-state index contributed by atoms with van der Waals surface area (Å²) < 4.78 is 5.39. The molecule has 3 aromatic rings. The Bertz CT molecular complexity index is 1090. The van der Waals surface area contributed by atoms with Gasteiger partial charge in [-0.15, -0.1) is 0 Å². The summed E-state index contributed by atoms with van der Waals surface area (Å²) in [5.41, 5.74) is 1.81. The van der Waals surface area contributed by atoms with E-state index in [0.29, 0.717) is 16.9 Å². The number of benzene rings is 2. The molecule has 4 rings (SSSR count). The number of amides is 3. The number of rotatable bonds is 7. The van der Waals surface area contributed by atoms with Gasteiger partial charge in [-0.05, 0) is 54.8 Å². The van der Waals surface area contributed by atoms with Crippen LogP contribution in [-0.2, 0) is 9.59 Å². The van der Waals surface area contributed by atoms with Crippen LogP contribution in [0.1, 0.15) is 54.8 Å². The van der Waals surface area contributed by atoms with Gasteiger partial charge in [-0.25, -0.2) is 0 Å². The first-order valence-corrected chi connectivity index (χ1v) is 11.1. The van der Waals surface area contributed by atoms with Gasteiger partial charge in [-0.1, -0.05) is 43.2 Å². The van der Waals surface area contributed by atoms with Crippen molar-refractivity contribution in [3.05, 3.63) is 84.3 Å². The lowest BCUT2D eigenvalue weighted by atomic mass is 10.0. The fourth-order valence-corrected chi connectivity index (χ4v) is 4.21. The Hall–Kier alpha value is -3.87. The topological polar surface area (TPSA) is 91.7 Å². The number of furan rings is 1. The van der Waals surface area contributed by atoms with Crippen molar-refractivity contribution in [1.82, 2.24) is 5.32 Å². The molecule has 33 heavy (non-hydrogen) atoms. The fraction of sp³-hybridized carbons (Fsp3) is 0.269. The van der Waals surface area contributed by atoms with Gasteiger partial charge < -0.3 is 15.1 Å². The predicted molar refractivity (Wildman–Crippen MR) is 126 cm³/mol. The van der Waals surface area contributed by atoms with E-state index < -0.39 is 11.9 Å². The second kappa shape index (κ2) is 10.2. The highest BCUT2D eigenvalue weighted by Crippen LogP contribution is 2.31. The van der Waals surface area contributed by atoms with Crippen molar-refractivity contribution in [2.75, 3.05) is 10.2 Å². The average Bonchev–Trinajstić information content (AvgIpc) is 3.52. The molecule has 0 aliphatic heterocycles. The van der Waals surface area contributed by atoms with Crippen LogP contribution in [0, 0.1) is 0 Å². The van der Waals surface area contributed by atoms with Gasteiger partial charge in [0.15, 0.2) is 5.76 Å². The molecule has 3 amide bonds. The molecule has 1 aliphatic rings. The molecular formula is C26H27N3O4. The molecule has 1 saturated carbocycles. The maximum absolute atomic E-state index is 13.6. The maximum Gasteiger partial charge on any atom is 0.294 e. The summed E-state index contributed by atoms with van der Waals surface area (Å²) in [5.74, 6) is -0.721. The highest BCUT2D eigenvalue weighted by atomic mass is 16.3. The van der Waals surface area contributed by atoms with Gasteiger partial charge in [-0.3, -0.25) is 19.3 Å². The summed E-state index contributed by atoms with van der Waals surface area (Å²) >= 11 is 0. The van der Waals surface area contributed by atoms with E-state index in [1.807, 2.05) is 30.3 Å². The van der Waals surface area contributed by atoms with Crippen molar-refractivity contribution in [2.45, 2.75) is 44.7 Å². The van der Waals surface area contributed by atoms with Crippen molar-refractivity contribution in [2.24, 2.45) is 0 Å². The van der Waals surface area contributed by atoms with E-state index >= 15 is 0 Å². The van der Waals surface area contributed by atoms with Crippen LogP contribution < -0.4 is 15.5 Å². The molecule has 1 aliphatic carbocycles. The van der Waals surface area contributed by atoms with Crippen LogP contribution in [-0.4, -0.2) is 23.8 Å². The number of hydrogen-bond acceptors (Lipinski definition) is 4. The quantitative estimate of drug-likeness (QED) is 0.552. The van der Waals surface area contributed by atoms with Crippen LogP contribution in [0.2, 0.25) is 0 Å². The monoisotopic (exact) mass is 445 g/mol. The molecule has 0 saturated heterocycles. The second-order valence-electron chi connectivity index (χ2n) is 8.18. The van der Waals surface area contributed by atoms with Crippen molar-refractivity contribution in [3.63, 3.8) is 0 Å². The van der Waals surface area contributed by atoms with Crippen LogP contribution in [0.4, 0.5) is 11.4 Å². The molecule has 0 spiro atoms. The molecular weight excluding hydrogens is 418 g/mol. The molecule has 7 nitrogen and oxygen atoms in total. The van der Waals surface area contributed by atoms with Gasteiger partial charge in [0.25, 0.3) is 5.91 Å². The Labute approximate surface area is 192 Å². The standard InChI is InChI=1S/C26H27N3O4/c1-18(30)27-21-13-15-22(16-14-21)29(26(32)23-12-7-17-33-23)24(19-8-3-2-4-9-19)25(31)28-20-10-5-6-11-20/h2-4,7-9,12-17,20,24H,5-6,10-11H2,1H3,(H,27,30)(H,28,31). The molecule has 2 N–H and O–H groups in total. The van der Waals surface area contributed by atoms with E-state index in [2.05, 4.69) is 10.6 Å². The SMILES string of the molecule is CC(=O)Nc1ccc(N(C(=O)c2ccco2)C(C(=O)NC2CCCC2)c2ccccc2)cc1. The van der Waals surface area contributed by atoms with Gasteiger partial charge in [0, 0.05) is 24.3 Å². The highest BCUT2D eigenvalue weighted by Gasteiger charge is 2.35. The third-order valence-electron chi connectivity index (χ3n) is 5.74. The van der Waals surface area contributed by atoms with E-state index in [1.54, 1.807) is 36.4 Å². The number of hydrogen-bond donors (Lipinski definition) is 2. The summed E-state index contributed by atoms with van der Waals surface area (Å²) in [4.78, 5) is 40.1. The first kappa shape index (κ1) is 22.3. The normalized spacial score (nSPS) is 14.5. The van der Waals surface area contributed by atoms with Crippen LogP contribution in [0.3, 0.4) is 0 Å². The first-order valence-electron chi connectivity index (χ1n) is 11.1. The molecule has 1 fully saturated rings. The van der Waals surface area contributed by atoms with Crippen molar-refractivity contribution in [1.29, 1.82) is 0 Å². The van der Waals surface area contributed by atoms with Gasteiger partial charge in [0.1, 0.15) is 6.04 Å². The summed E-state index contributed by atoms with van der Waals surface area (Å²) in [6.07, 6.45) is 5.47. The van der Waals surface area contributed by atoms with Crippen LogP contribution >= 0.6 is 0 Å². The molecule has 1 heterocycles. The molecule has 170 valence electrons. The van der Waals surface area contributed by atoms with Gasteiger partial charge in [0.05, 0.1) is 6.26 Å². The minimum atomic E-state index is -0.893. The molecule has 1 atom stereocenters. The zero-order valence-corrected chi connectivity index (χ0v) is 18.5. The second-order valence-corrected chi connectivity index (χ2v) is 8.18. The third kappa shape index (κ3) is 5.31. The molecule has 1 unspecified atom stereocenters. The van der Waals surface area contributed by atoms with Crippen molar-refractivity contribution < 1.29 is 18.8 Å². The van der Waals surface area contributed by atoms with Crippen LogP contribution in [0.15, 0.2) is 77.4 Å². The number of nitrogens with one attached hydrogen (secondary N) is 2. The van der Waals surface area contributed by atoms with Crippen LogP contribution in [0.25, 0.3) is 0 Å². The highest BCUT2D eigenvalue weighted by molar-refractivity contribution is 6.08. The maximum atomic E-state index is 13.6. The lowest BCUT2D eigenvalue weighted by molar-refractivity contribution is -0.123. The Morgan fingerprint density at radius 3 is 2.24 bits per heavy atom. The molecule has 0 bridgehead atoms. The zero-order chi connectivity index (χ0) is 23.2. The number of anilines is 2. The molecule has 7 heteroatoms. The largest absolute Gasteiger partial charge is 0.459 e. The lowest BCUT2D eigenvalue weighted by Gasteiger charge is -2.32. The Balaban J connectivity index is 1.76. The summed E-state index contributed by atoms with van der Waals surface area (Å²) in [5, 5.41) is 5.86. The van der Waals surface area contributed by atoms with E-state index in [-0.39, 0.29) is 23.6 Å². The summed E-state index contributed by atoms with van der Waals surface area (Å²) in [7, 11) is 0. The molecule has 0 radical (unpaired) electrons. The van der Waals surface area contributed by atoms with Gasteiger partial charge >= 0.3 is 0 Å². The fourth-order valence-electron chi connectivity index (χ4n) is 4.21. The van der Waals surface area contributed by atoms with E-state index in [1.165, 1.54) is 18.1 Å². The Kier molecular flexibility index (Phi) is 6.88.